The number of hydrazine groups is 1. The van der Waals surface area contributed by atoms with E-state index in [1.54, 1.807) is 6.92 Å². The SMILES string of the molecule is Cc1nnsc1C(NN)c1cccc(F)c1F. The van der Waals surface area contributed by atoms with Gasteiger partial charge in [0.2, 0.25) is 0 Å². The van der Waals surface area contributed by atoms with Gasteiger partial charge in [-0.15, -0.1) is 5.10 Å². The average Bonchev–Trinajstić information content (AvgIpc) is 2.72. The minimum absolute atomic E-state index is 0.140. The summed E-state index contributed by atoms with van der Waals surface area (Å²) in [5, 5.41) is 3.82. The van der Waals surface area contributed by atoms with Crippen molar-refractivity contribution in [3.8, 4) is 0 Å². The number of halogens is 2. The molecule has 0 radical (unpaired) electrons. The zero-order chi connectivity index (χ0) is 12.4. The van der Waals surface area contributed by atoms with E-state index in [4.69, 9.17) is 5.84 Å². The lowest BCUT2D eigenvalue weighted by Gasteiger charge is -2.15. The van der Waals surface area contributed by atoms with Crippen LogP contribution in [0, 0.1) is 18.6 Å². The highest BCUT2D eigenvalue weighted by molar-refractivity contribution is 7.05. The molecule has 0 saturated carbocycles. The maximum atomic E-state index is 13.7. The molecule has 0 fully saturated rings. The molecule has 7 heteroatoms. The van der Waals surface area contributed by atoms with Crippen LogP contribution in [0.2, 0.25) is 0 Å². The second-order valence-corrected chi connectivity index (χ2v) is 4.25. The molecule has 0 amide bonds. The minimum Gasteiger partial charge on any atom is -0.271 e. The largest absolute Gasteiger partial charge is 0.271 e. The van der Waals surface area contributed by atoms with Crippen molar-refractivity contribution in [1.82, 2.24) is 15.0 Å². The van der Waals surface area contributed by atoms with Crippen molar-refractivity contribution in [2.45, 2.75) is 13.0 Å². The molecule has 3 N–H and O–H groups in total. The van der Waals surface area contributed by atoms with Crippen molar-refractivity contribution < 1.29 is 8.78 Å². The fraction of sp³-hybridized carbons (Fsp3) is 0.200. The third-order valence-electron chi connectivity index (χ3n) is 2.41. The van der Waals surface area contributed by atoms with Crippen molar-refractivity contribution >= 4 is 11.5 Å². The normalized spacial score (nSPS) is 12.7. The first kappa shape index (κ1) is 12.0. The predicted molar refractivity (Wildman–Crippen MR) is 60.2 cm³/mol. The van der Waals surface area contributed by atoms with Gasteiger partial charge in [-0.25, -0.2) is 14.2 Å². The Kier molecular flexibility index (Phi) is 3.41. The highest BCUT2D eigenvalue weighted by Gasteiger charge is 2.22. The Morgan fingerprint density at radius 2 is 2.18 bits per heavy atom. The number of nitrogens with two attached hydrogens (primary N) is 1. The van der Waals surface area contributed by atoms with Gasteiger partial charge < -0.3 is 0 Å². The molecule has 4 nitrogen and oxygen atoms in total. The number of benzene rings is 1. The van der Waals surface area contributed by atoms with Gasteiger partial charge in [0.15, 0.2) is 11.6 Å². The zero-order valence-electron chi connectivity index (χ0n) is 8.95. The molecule has 0 aliphatic heterocycles. The number of nitrogens with one attached hydrogen (secondary N) is 1. The first-order valence-electron chi connectivity index (χ1n) is 4.84. The summed E-state index contributed by atoms with van der Waals surface area (Å²) in [6, 6.07) is 3.32. The molecule has 0 spiro atoms. The molecule has 0 aliphatic carbocycles. The number of hydrogen-bond acceptors (Lipinski definition) is 5. The second-order valence-electron chi connectivity index (χ2n) is 3.47. The lowest BCUT2D eigenvalue weighted by Crippen LogP contribution is -2.29. The van der Waals surface area contributed by atoms with Crippen molar-refractivity contribution in [2.24, 2.45) is 5.84 Å². The standard InChI is InChI=1S/C10H10F2N4S/c1-5-10(17-16-15-5)9(14-13)6-3-2-4-7(11)8(6)12/h2-4,9,14H,13H2,1H3. The van der Waals surface area contributed by atoms with Crippen LogP contribution in [0.3, 0.4) is 0 Å². The lowest BCUT2D eigenvalue weighted by atomic mass is 10.0. The molecule has 0 saturated heterocycles. The summed E-state index contributed by atoms with van der Waals surface area (Å²) in [7, 11) is 0. The van der Waals surface area contributed by atoms with Gasteiger partial charge in [0.05, 0.1) is 16.6 Å². The maximum absolute atomic E-state index is 13.7. The topological polar surface area (TPSA) is 63.8 Å². The molecule has 1 aromatic carbocycles. The van der Waals surface area contributed by atoms with Gasteiger partial charge >= 0.3 is 0 Å². The van der Waals surface area contributed by atoms with Gasteiger partial charge in [0, 0.05) is 5.56 Å². The van der Waals surface area contributed by atoms with Gasteiger partial charge in [0.25, 0.3) is 0 Å². The van der Waals surface area contributed by atoms with Crippen LogP contribution < -0.4 is 11.3 Å². The minimum atomic E-state index is -0.914. The first-order valence-corrected chi connectivity index (χ1v) is 5.61. The zero-order valence-corrected chi connectivity index (χ0v) is 9.76. The fourth-order valence-corrected chi connectivity index (χ4v) is 2.28. The summed E-state index contributed by atoms with van der Waals surface area (Å²) >= 11 is 1.10. The number of rotatable bonds is 3. The summed E-state index contributed by atoms with van der Waals surface area (Å²) in [5.74, 6) is 3.58. The van der Waals surface area contributed by atoms with Crippen LogP contribution in [0.5, 0.6) is 0 Å². The van der Waals surface area contributed by atoms with Gasteiger partial charge in [-0.2, -0.15) is 0 Å². The van der Waals surface area contributed by atoms with E-state index < -0.39 is 17.7 Å². The maximum Gasteiger partial charge on any atom is 0.164 e. The molecule has 1 aromatic heterocycles. The lowest BCUT2D eigenvalue weighted by molar-refractivity contribution is 0.484. The second kappa shape index (κ2) is 4.82. The van der Waals surface area contributed by atoms with Crippen LogP contribution in [-0.2, 0) is 0 Å². The number of nitrogens with zero attached hydrogens (tertiary/aromatic N) is 2. The smallest absolute Gasteiger partial charge is 0.164 e. The van der Waals surface area contributed by atoms with E-state index in [1.165, 1.54) is 12.1 Å². The Bertz CT molecular complexity index is 529. The molecule has 90 valence electrons. The van der Waals surface area contributed by atoms with Gasteiger partial charge in [-0.3, -0.25) is 5.84 Å². The summed E-state index contributed by atoms with van der Waals surface area (Å²) < 4.78 is 30.6. The van der Waals surface area contributed by atoms with Gasteiger partial charge in [0.1, 0.15) is 0 Å². The molecule has 2 aromatic rings. The van der Waals surface area contributed by atoms with E-state index in [0.29, 0.717) is 10.6 Å². The van der Waals surface area contributed by atoms with E-state index >= 15 is 0 Å². The third kappa shape index (κ3) is 2.17. The predicted octanol–water partition coefficient (Wildman–Crippen LogP) is 1.68. The van der Waals surface area contributed by atoms with Crippen molar-refractivity contribution in [3.63, 3.8) is 0 Å². The number of aromatic nitrogens is 2. The van der Waals surface area contributed by atoms with Crippen molar-refractivity contribution in [3.05, 3.63) is 46.0 Å². The quantitative estimate of drug-likeness (QED) is 0.648. The number of aryl methyl sites for hydroxylation is 1. The Labute approximate surface area is 101 Å². The molecule has 17 heavy (non-hydrogen) atoms. The summed E-state index contributed by atoms with van der Waals surface area (Å²) in [6.45, 7) is 1.74. The van der Waals surface area contributed by atoms with E-state index in [0.717, 1.165) is 17.6 Å². The van der Waals surface area contributed by atoms with Crippen LogP contribution in [-0.4, -0.2) is 9.59 Å². The van der Waals surface area contributed by atoms with Gasteiger partial charge in [-0.05, 0) is 24.5 Å². The van der Waals surface area contributed by atoms with Crippen LogP contribution in [0.25, 0.3) is 0 Å². The molecular weight excluding hydrogens is 246 g/mol. The summed E-state index contributed by atoms with van der Waals surface area (Å²) in [6.07, 6.45) is 0. The monoisotopic (exact) mass is 256 g/mol. The summed E-state index contributed by atoms with van der Waals surface area (Å²) in [4.78, 5) is 0.664. The summed E-state index contributed by atoms with van der Waals surface area (Å²) in [5.41, 5.74) is 3.23. The van der Waals surface area contributed by atoms with Crippen molar-refractivity contribution in [1.29, 1.82) is 0 Å². The van der Waals surface area contributed by atoms with Crippen LogP contribution in [0.4, 0.5) is 8.78 Å². The van der Waals surface area contributed by atoms with Crippen molar-refractivity contribution in [2.75, 3.05) is 0 Å². The highest BCUT2D eigenvalue weighted by Crippen LogP contribution is 2.28. The van der Waals surface area contributed by atoms with E-state index in [2.05, 4.69) is 15.0 Å². The molecule has 1 heterocycles. The number of hydrogen-bond donors (Lipinski definition) is 2. The van der Waals surface area contributed by atoms with E-state index in [1.807, 2.05) is 0 Å². The van der Waals surface area contributed by atoms with Crippen LogP contribution in [0.15, 0.2) is 18.2 Å². The third-order valence-corrected chi connectivity index (χ3v) is 3.30. The molecule has 1 atom stereocenters. The van der Waals surface area contributed by atoms with Crippen LogP contribution >= 0.6 is 11.5 Å². The molecule has 1 unspecified atom stereocenters. The van der Waals surface area contributed by atoms with Gasteiger partial charge in [-0.1, -0.05) is 16.6 Å². The van der Waals surface area contributed by atoms with Crippen LogP contribution in [0.1, 0.15) is 22.2 Å². The Hall–Kier alpha value is -1.44. The van der Waals surface area contributed by atoms with E-state index in [9.17, 15) is 8.78 Å². The Morgan fingerprint density at radius 3 is 2.76 bits per heavy atom. The molecule has 0 bridgehead atoms. The Morgan fingerprint density at radius 1 is 1.41 bits per heavy atom. The fourth-order valence-electron chi connectivity index (χ4n) is 1.55. The molecule has 0 aliphatic rings. The Balaban J connectivity index is 2.50. The molecular formula is C10H10F2N4S. The molecule has 2 rings (SSSR count). The first-order chi connectivity index (χ1) is 8.15. The highest BCUT2D eigenvalue weighted by atomic mass is 32.1. The average molecular weight is 256 g/mol. The van der Waals surface area contributed by atoms with E-state index in [-0.39, 0.29) is 5.56 Å².